The topological polar surface area (TPSA) is 32.3 Å². The van der Waals surface area contributed by atoms with Crippen LogP contribution in [0.2, 0.25) is 0 Å². The van der Waals surface area contributed by atoms with Gasteiger partial charge >= 0.3 is 0 Å². The van der Waals surface area contributed by atoms with Crippen LogP contribution in [0.15, 0.2) is 0 Å². The number of aliphatic hydroxyl groups excluding tert-OH is 1. The lowest BCUT2D eigenvalue weighted by atomic mass is 9.70. The molecule has 0 aromatic carbocycles. The molecule has 0 aliphatic heterocycles. The Balaban J connectivity index is 2.47. The van der Waals surface area contributed by atoms with Crippen molar-refractivity contribution in [2.45, 2.75) is 65.5 Å². The standard InChI is InChI=1S/C13H27NO/c1-5-11(9-15)14-12-6-10(2)7-13(3,4)8-12/h10-12,14-15H,5-9H2,1-4H3/t10-,11-,12+/m1/s1. The van der Waals surface area contributed by atoms with Gasteiger partial charge in [0.15, 0.2) is 0 Å². The van der Waals surface area contributed by atoms with Gasteiger partial charge in [-0.3, -0.25) is 0 Å². The van der Waals surface area contributed by atoms with Gasteiger partial charge in [0.05, 0.1) is 6.61 Å². The Morgan fingerprint density at radius 3 is 2.53 bits per heavy atom. The lowest BCUT2D eigenvalue weighted by Gasteiger charge is -2.40. The van der Waals surface area contributed by atoms with Crippen LogP contribution in [0.25, 0.3) is 0 Å². The molecule has 1 aliphatic carbocycles. The average Bonchev–Trinajstić information content (AvgIpc) is 2.10. The highest BCUT2D eigenvalue weighted by Gasteiger charge is 2.32. The molecule has 0 saturated heterocycles. The Morgan fingerprint density at radius 2 is 2.07 bits per heavy atom. The summed E-state index contributed by atoms with van der Waals surface area (Å²) in [6.07, 6.45) is 4.86. The zero-order chi connectivity index (χ0) is 11.5. The van der Waals surface area contributed by atoms with Crippen LogP contribution in [0.3, 0.4) is 0 Å². The summed E-state index contributed by atoms with van der Waals surface area (Å²) in [4.78, 5) is 0. The van der Waals surface area contributed by atoms with E-state index in [9.17, 15) is 5.11 Å². The molecular formula is C13H27NO. The zero-order valence-corrected chi connectivity index (χ0v) is 10.7. The SMILES string of the molecule is CC[C@H](CO)N[C@H]1C[C@@H](C)CC(C)(C)C1. The minimum Gasteiger partial charge on any atom is -0.395 e. The first-order valence-electron chi connectivity index (χ1n) is 6.33. The fourth-order valence-electron chi connectivity index (χ4n) is 3.11. The highest BCUT2D eigenvalue weighted by molar-refractivity contribution is 4.87. The van der Waals surface area contributed by atoms with Crippen molar-refractivity contribution in [3.05, 3.63) is 0 Å². The Hall–Kier alpha value is -0.0800. The lowest BCUT2D eigenvalue weighted by Crippen LogP contribution is -2.46. The molecule has 15 heavy (non-hydrogen) atoms. The third-order valence-electron chi connectivity index (χ3n) is 3.57. The van der Waals surface area contributed by atoms with Gasteiger partial charge in [-0.05, 0) is 37.0 Å². The van der Waals surface area contributed by atoms with E-state index >= 15 is 0 Å². The molecule has 0 amide bonds. The minimum absolute atomic E-state index is 0.266. The molecule has 0 spiro atoms. The Labute approximate surface area is 94.5 Å². The summed E-state index contributed by atoms with van der Waals surface area (Å²) in [5, 5.41) is 12.8. The number of rotatable bonds is 4. The summed E-state index contributed by atoms with van der Waals surface area (Å²) in [5.74, 6) is 0.808. The quantitative estimate of drug-likeness (QED) is 0.752. The van der Waals surface area contributed by atoms with E-state index in [1.807, 2.05) is 0 Å². The maximum atomic E-state index is 9.19. The monoisotopic (exact) mass is 213 g/mol. The Kier molecular flexibility index (Phi) is 4.60. The summed E-state index contributed by atoms with van der Waals surface area (Å²) < 4.78 is 0. The molecule has 0 radical (unpaired) electrons. The highest BCUT2D eigenvalue weighted by atomic mass is 16.3. The third-order valence-corrected chi connectivity index (χ3v) is 3.57. The molecule has 0 heterocycles. The molecule has 0 aromatic heterocycles. The summed E-state index contributed by atoms with van der Waals surface area (Å²) in [7, 11) is 0. The van der Waals surface area contributed by atoms with Gasteiger partial charge in [-0.1, -0.05) is 27.7 Å². The van der Waals surface area contributed by atoms with Crippen molar-refractivity contribution in [3.8, 4) is 0 Å². The third kappa shape index (κ3) is 4.12. The fraction of sp³-hybridized carbons (Fsp3) is 1.00. The first kappa shape index (κ1) is 13.0. The first-order valence-corrected chi connectivity index (χ1v) is 6.33. The van der Waals surface area contributed by atoms with Crippen molar-refractivity contribution in [1.29, 1.82) is 0 Å². The van der Waals surface area contributed by atoms with Gasteiger partial charge in [-0.25, -0.2) is 0 Å². The smallest absolute Gasteiger partial charge is 0.0584 e. The van der Waals surface area contributed by atoms with Gasteiger partial charge in [-0.15, -0.1) is 0 Å². The maximum Gasteiger partial charge on any atom is 0.0584 e. The molecule has 1 rings (SSSR count). The Morgan fingerprint density at radius 1 is 1.40 bits per heavy atom. The second-order valence-corrected chi connectivity index (χ2v) is 6.06. The second-order valence-electron chi connectivity index (χ2n) is 6.06. The van der Waals surface area contributed by atoms with Crippen molar-refractivity contribution >= 4 is 0 Å². The normalized spacial score (nSPS) is 32.6. The van der Waals surface area contributed by atoms with Crippen LogP contribution in [0.1, 0.15) is 53.4 Å². The molecule has 2 N–H and O–H groups in total. The van der Waals surface area contributed by atoms with E-state index in [0.29, 0.717) is 11.5 Å². The van der Waals surface area contributed by atoms with E-state index in [2.05, 4.69) is 33.0 Å². The number of hydrogen-bond donors (Lipinski definition) is 2. The molecule has 1 saturated carbocycles. The molecule has 2 heteroatoms. The van der Waals surface area contributed by atoms with E-state index in [1.165, 1.54) is 19.3 Å². The van der Waals surface area contributed by atoms with Crippen LogP contribution in [-0.4, -0.2) is 23.8 Å². The van der Waals surface area contributed by atoms with Crippen LogP contribution in [0.5, 0.6) is 0 Å². The highest BCUT2D eigenvalue weighted by Crippen LogP contribution is 2.38. The zero-order valence-electron chi connectivity index (χ0n) is 10.7. The van der Waals surface area contributed by atoms with E-state index in [0.717, 1.165) is 12.3 Å². The lowest BCUT2D eigenvalue weighted by molar-refractivity contribution is 0.131. The molecule has 0 unspecified atom stereocenters. The van der Waals surface area contributed by atoms with Crippen LogP contribution < -0.4 is 5.32 Å². The number of nitrogens with one attached hydrogen (secondary N) is 1. The average molecular weight is 213 g/mol. The van der Waals surface area contributed by atoms with E-state index in [-0.39, 0.29) is 12.6 Å². The van der Waals surface area contributed by atoms with Crippen LogP contribution in [-0.2, 0) is 0 Å². The molecule has 1 aliphatic rings. The summed E-state index contributed by atoms with van der Waals surface area (Å²) in [6.45, 7) is 9.46. The Bertz CT molecular complexity index is 187. The van der Waals surface area contributed by atoms with Crippen molar-refractivity contribution in [3.63, 3.8) is 0 Å². The number of aliphatic hydroxyl groups is 1. The van der Waals surface area contributed by atoms with Crippen molar-refractivity contribution < 1.29 is 5.11 Å². The summed E-state index contributed by atoms with van der Waals surface area (Å²) in [5.41, 5.74) is 0.461. The molecule has 0 aromatic rings. The van der Waals surface area contributed by atoms with Crippen LogP contribution in [0.4, 0.5) is 0 Å². The van der Waals surface area contributed by atoms with E-state index in [1.54, 1.807) is 0 Å². The molecular weight excluding hydrogens is 186 g/mol. The minimum atomic E-state index is 0.266. The fourth-order valence-corrected chi connectivity index (χ4v) is 3.11. The van der Waals surface area contributed by atoms with Gasteiger partial charge in [0.2, 0.25) is 0 Å². The van der Waals surface area contributed by atoms with Gasteiger partial charge in [0.25, 0.3) is 0 Å². The van der Waals surface area contributed by atoms with Crippen molar-refractivity contribution in [2.75, 3.05) is 6.61 Å². The first-order chi connectivity index (χ1) is 6.96. The van der Waals surface area contributed by atoms with Gasteiger partial charge in [0.1, 0.15) is 0 Å². The van der Waals surface area contributed by atoms with Crippen molar-refractivity contribution in [1.82, 2.24) is 5.32 Å². The largest absolute Gasteiger partial charge is 0.395 e. The predicted molar refractivity (Wildman–Crippen MR) is 64.9 cm³/mol. The second kappa shape index (κ2) is 5.31. The molecule has 90 valence electrons. The maximum absolute atomic E-state index is 9.19. The van der Waals surface area contributed by atoms with Gasteiger partial charge < -0.3 is 10.4 Å². The summed E-state index contributed by atoms with van der Waals surface area (Å²) in [6, 6.07) is 0.886. The van der Waals surface area contributed by atoms with E-state index in [4.69, 9.17) is 0 Å². The molecule has 2 nitrogen and oxygen atoms in total. The van der Waals surface area contributed by atoms with Crippen LogP contribution >= 0.6 is 0 Å². The van der Waals surface area contributed by atoms with Gasteiger partial charge in [-0.2, -0.15) is 0 Å². The van der Waals surface area contributed by atoms with Crippen molar-refractivity contribution in [2.24, 2.45) is 11.3 Å². The van der Waals surface area contributed by atoms with Crippen LogP contribution in [0, 0.1) is 11.3 Å². The molecule has 1 fully saturated rings. The molecule has 3 atom stereocenters. The van der Waals surface area contributed by atoms with E-state index < -0.39 is 0 Å². The molecule has 0 bridgehead atoms. The number of hydrogen-bond acceptors (Lipinski definition) is 2. The predicted octanol–water partition coefficient (Wildman–Crippen LogP) is 2.56. The van der Waals surface area contributed by atoms with Gasteiger partial charge in [0, 0.05) is 12.1 Å². The summed E-state index contributed by atoms with van der Waals surface area (Å²) >= 11 is 0.